The van der Waals surface area contributed by atoms with Gasteiger partial charge in [-0.25, -0.2) is 4.98 Å². The molecule has 2 nitrogen and oxygen atoms in total. The highest BCUT2D eigenvalue weighted by atomic mass is 35.5. The molecule has 2 bridgehead atoms. The molecule has 2 aliphatic heterocycles. The van der Waals surface area contributed by atoms with E-state index in [-0.39, 0.29) is 0 Å². The van der Waals surface area contributed by atoms with Crippen LogP contribution in [0, 0.1) is 0 Å². The molecule has 2 N–H and O–H groups in total. The van der Waals surface area contributed by atoms with Crippen LogP contribution in [0.5, 0.6) is 0 Å². The van der Waals surface area contributed by atoms with E-state index < -0.39 is 0 Å². The van der Waals surface area contributed by atoms with Crippen molar-refractivity contribution in [2.45, 2.75) is 37.3 Å². The van der Waals surface area contributed by atoms with Crippen molar-refractivity contribution in [2.75, 3.05) is 0 Å². The topological polar surface area (TPSA) is 29.5 Å². The molecule has 0 aromatic carbocycles. The third-order valence-corrected chi connectivity index (χ3v) is 3.87. The van der Waals surface area contributed by atoms with Gasteiger partial charge in [-0.05, 0) is 11.6 Å². The van der Waals surface area contributed by atoms with E-state index in [9.17, 15) is 0 Å². The number of quaternary nitrogens is 1. The van der Waals surface area contributed by atoms with Crippen LogP contribution < -0.4 is 5.32 Å². The lowest BCUT2D eigenvalue weighted by Crippen LogP contribution is -2.88. The number of hydrogen-bond donors (Lipinski definition) is 1. The summed E-state index contributed by atoms with van der Waals surface area (Å²) in [5.74, 6) is 0.721. The molecular formula is C11H14ClN2+. The van der Waals surface area contributed by atoms with Crippen molar-refractivity contribution in [1.29, 1.82) is 0 Å². The third kappa shape index (κ3) is 1.33. The average molecular weight is 210 g/mol. The highest BCUT2D eigenvalue weighted by molar-refractivity contribution is 6.29. The smallest absolute Gasteiger partial charge is 0.129 e. The van der Waals surface area contributed by atoms with Crippen LogP contribution in [0.1, 0.15) is 30.7 Å². The second-order valence-electron chi connectivity index (χ2n) is 4.45. The monoisotopic (exact) mass is 209 g/mol. The number of rotatable bonds is 1. The van der Waals surface area contributed by atoms with Crippen LogP contribution in [-0.2, 0) is 0 Å². The largest absolute Gasteiger partial charge is 0.341 e. The molecule has 0 radical (unpaired) electrons. The zero-order chi connectivity index (χ0) is 9.54. The fourth-order valence-electron chi connectivity index (χ4n) is 2.97. The Morgan fingerprint density at radius 2 is 2.29 bits per heavy atom. The fourth-order valence-corrected chi connectivity index (χ4v) is 3.08. The molecule has 1 aromatic heterocycles. The number of halogens is 1. The van der Waals surface area contributed by atoms with E-state index in [4.69, 9.17) is 11.6 Å². The van der Waals surface area contributed by atoms with E-state index in [1.807, 2.05) is 12.3 Å². The Hall–Kier alpha value is -0.600. The number of pyridine rings is 1. The van der Waals surface area contributed by atoms with E-state index in [1.165, 1.54) is 24.8 Å². The van der Waals surface area contributed by atoms with Crippen molar-refractivity contribution >= 4 is 11.6 Å². The zero-order valence-electron chi connectivity index (χ0n) is 7.99. The predicted octanol–water partition coefficient (Wildman–Crippen LogP) is 1.32. The molecule has 2 fully saturated rings. The number of fused-ring (bicyclic) bond motifs is 2. The summed E-state index contributed by atoms with van der Waals surface area (Å²) in [5, 5.41) is 3.14. The second-order valence-corrected chi connectivity index (χ2v) is 4.84. The zero-order valence-corrected chi connectivity index (χ0v) is 8.74. The minimum atomic E-state index is 0.598. The van der Waals surface area contributed by atoms with E-state index in [1.54, 1.807) is 0 Å². The Kier molecular flexibility index (Phi) is 1.99. The van der Waals surface area contributed by atoms with Crippen LogP contribution in [0.25, 0.3) is 0 Å². The molecule has 0 saturated carbocycles. The summed E-state index contributed by atoms with van der Waals surface area (Å²) in [5.41, 5.74) is 1.37. The molecule has 2 saturated heterocycles. The van der Waals surface area contributed by atoms with Crippen LogP contribution >= 0.6 is 11.6 Å². The van der Waals surface area contributed by atoms with Gasteiger partial charge in [0, 0.05) is 31.4 Å². The Balaban J connectivity index is 1.86. The van der Waals surface area contributed by atoms with Crippen molar-refractivity contribution in [1.82, 2.24) is 4.98 Å². The van der Waals surface area contributed by atoms with Crippen LogP contribution in [-0.4, -0.2) is 17.1 Å². The summed E-state index contributed by atoms with van der Waals surface area (Å²) < 4.78 is 0. The van der Waals surface area contributed by atoms with Crippen LogP contribution in [0.15, 0.2) is 18.3 Å². The predicted molar refractivity (Wildman–Crippen MR) is 55.3 cm³/mol. The van der Waals surface area contributed by atoms with Gasteiger partial charge in [0.15, 0.2) is 0 Å². The van der Waals surface area contributed by atoms with Crippen LogP contribution in [0.2, 0.25) is 5.15 Å². The van der Waals surface area contributed by atoms with Gasteiger partial charge in [-0.3, -0.25) is 0 Å². The SMILES string of the molecule is Clc1ccc([C@H]2C[C@H]3CC[C@@H]2[NH2+]3)cn1. The molecule has 3 rings (SSSR count). The number of hydrogen-bond acceptors (Lipinski definition) is 1. The lowest BCUT2D eigenvalue weighted by Gasteiger charge is -2.16. The summed E-state index contributed by atoms with van der Waals surface area (Å²) >= 11 is 5.78. The van der Waals surface area contributed by atoms with Crippen molar-refractivity contribution in [3.8, 4) is 0 Å². The van der Waals surface area contributed by atoms with E-state index in [0.29, 0.717) is 5.15 Å². The van der Waals surface area contributed by atoms with Crippen molar-refractivity contribution in [3.05, 3.63) is 29.0 Å². The Labute approximate surface area is 88.7 Å². The molecule has 0 aliphatic carbocycles. The Morgan fingerprint density at radius 1 is 1.36 bits per heavy atom. The average Bonchev–Trinajstić information content (AvgIpc) is 2.80. The van der Waals surface area contributed by atoms with E-state index >= 15 is 0 Å². The van der Waals surface area contributed by atoms with Crippen molar-refractivity contribution in [3.63, 3.8) is 0 Å². The van der Waals surface area contributed by atoms with Crippen LogP contribution in [0.4, 0.5) is 0 Å². The van der Waals surface area contributed by atoms with Gasteiger partial charge in [0.05, 0.1) is 12.1 Å². The molecule has 3 atom stereocenters. The molecular weight excluding hydrogens is 196 g/mol. The first-order valence-electron chi connectivity index (χ1n) is 5.29. The van der Waals surface area contributed by atoms with Gasteiger partial charge < -0.3 is 5.32 Å². The van der Waals surface area contributed by atoms with Crippen LogP contribution in [0.3, 0.4) is 0 Å². The standard InChI is InChI=1S/C11H13ClN2/c12-11-4-1-7(6-13-11)9-5-8-2-3-10(9)14-8/h1,4,6,8-10,14H,2-3,5H2/p+1/t8-,9-,10+/m1/s1. The van der Waals surface area contributed by atoms with Crippen molar-refractivity contribution < 1.29 is 5.32 Å². The van der Waals surface area contributed by atoms with E-state index in [0.717, 1.165) is 18.0 Å². The highest BCUT2D eigenvalue weighted by Gasteiger charge is 2.44. The lowest BCUT2D eigenvalue weighted by atomic mass is 9.85. The fraction of sp³-hybridized carbons (Fsp3) is 0.545. The van der Waals surface area contributed by atoms with Gasteiger partial charge in [-0.2, -0.15) is 0 Å². The van der Waals surface area contributed by atoms with Gasteiger partial charge >= 0.3 is 0 Å². The summed E-state index contributed by atoms with van der Waals surface area (Å²) in [4.78, 5) is 4.16. The van der Waals surface area contributed by atoms with Gasteiger partial charge in [-0.1, -0.05) is 17.7 Å². The number of aromatic nitrogens is 1. The molecule has 0 unspecified atom stereocenters. The number of nitrogens with zero attached hydrogens (tertiary/aromatic N) is 1. The Bertz CT molecular complexity index is 336. The normalized spacial score (nSPS) is 35.1. The minimum absolute atomic E-state index is 0.598. The van der Waals surface area contributed by atoms with Gasteiger partial charge in [-0.15, -0.1) is 0 Å². The maximum Gasteiger partial charge on any atom is 0.129 e. The molecule has 1 aromatic rings. The molecule has 3 heteroatoms. The van der Waals surface area contributed by atoms with Gasteiger partial charge in [0.2, 0.25) is 0 Å². The van der Waals surface area contributed by atoms with Gasteiger partial charge in [0.1, 0.15) is 5.15 Å². The molecule has 2 aliphatic rings. The molecule has 0 spiro atoms. The second kappa shape index (κ2) is 3.21. The maximum atomic E-state index is 5.78. The molecule has 0 amide bonds. The molecule has 74 valence electrons. The first-order chi connectivity index (χ1) is 6.83. The summed E-state index contributed by atoms with van der Waals surface area (Å²) in [6.07, 6.45) is 6.05. The molecule has 14 heavy (non-hydrogen) atoms. The molecule has 3 heterocycles. The first-order valence-corrected chi connectivity index (χ1v) is 5.67. The quantitative estimate of drug-likeness (QED) is 0.695. The maximum absolute atomic E-state index is 5.78. The number of nitrogens with two attached hydrogens (primary N) is 1. The summed E-state index contributed by atoms with van der Waals surface area (Å²) in [6, 6.07) is 5.72. The summed E-state index contributed by atoms with van der Waals surface area (Å²) in [6.45, 7) is 0. The summed E-state index contributed by atoms with van der Waals surface area (Å²) in [7, 11) is 0. The van der Waals surface area contributed by atoms with Crippen molar-refractivity contribution in [2.24, 2.45) is 0 Å². The first kappa shape index (κ1) is 8.69. The Morgan fingerprint density at radius 3 is 2.86 bits per heavy atom. The van der Waals surface area contributed by atoms with E-state index in [2.05, 4.69) is 16.4 Å². The third-order valence-electron chi connectivity index (χ3n) is 3.64. The van der Waals surface area contributed by atoms with Gasteiger partial charge in [0.25, 0.3) is 0 Å². The minimum Gasteiger partial charge on any atom is -0.341 e. The highest BCUT2D eigenvalue weighted by Crippen LogP contribution is 2.34. The lowest BCUT2D eigenvalue weighted by molar-refractivity contribution is -0.682.